The van der Waals surface area contributed by atoms with E-state index in [9.17, 15) is 0 Å². The van der Waals surface area contributed by atoms with E-state index in [1.54, 1.807) is 26.0 Å². The summed E-state index contributed by atoms with van der Waals surface area (Å²) in [4.78, 5) is 21.2. The maximum absolute atomic E-state index is 5.77. The van der Waals surface area contributed by atoms with Crippen molar-refractivity contribution in [3.05, 3.63) is 71.6 Å². The number of rotatable bonds is 15. The van der Waals surface area contributed by atoms with Crippen molar-refractivity contribution >= 4 is 76.5 Å². The minimum Gasteiger partial charge on any atom is -0.495 e. The highest BCUT2D eigenvalue weighted by molar-refractivity contribution is 8.13. The molecule has 3 aromatic carbocycles. The van der Waals surface area contributed by atoms with Crippen molar-refractivity contribution in [2.45, 2.75) is 53.2 Å². The Morgan fingerprint density at radius 1 is 0.898 bits per heavy atom. The number of benzene rings is 3. The Kier molecular flexibility index (Phi) is 13.6. The average molecular weight is 682 g/mol. The highest BCUT2D eigenvalue weighted by atomic mass is 32.2. The minimum absolute atomic E-state index is 0.427. The van der Waals surface area contributed by atoms with Crippen LogP contribution in [0.5, 0.6) is 11.5 Å². The summed E-state index contributed by atoms with van der Waals surface area (Å²) in [6, 6.07) is 18.3. The Bertz CT molecular complexity index is 1760. The van der Waals surface area contributed by atoms with Crippen molar-refractivity contribution in [2.24, 2.45) is 20.0 Å². The average Bonchev–Trinajstić information content (AvgIpc) is 3.30. The number of methoxy groups -OCH3 is 2. The molecule has 0 aliphatic carbocycles. The highest BCUT2D eigenvalue weighted by Gasteiger charge is 2.22. The van der Waals surface area contributed by atoms with Crippen LogP contribution in [0.1, 0.15) is 53.0 Å². The lowest BCUT2D eigenvalue weighted by Crippen LogP contribution is -2.22. The van der Waals surface area contributed by atoms with Gasteiger partial charge in [-0.15, -0.1) is 11.8 Å². The van der Waals surface area contributed by atoms with E-state index in [4.69, 9.17) is 19.5 Å². The zero-order valence-corrected chi connectivity index (χ0v) is 30.7. The fourth-order valence-electron chi connectivity index (χ4n) is 5.60. The first kappa shape index (κ1) is 36.9. The molecule has 1 heterocycles. The topological polar surface area (TPSA) is 98.2 Å². The molecule has 0 aromatic heterocycles. The van der Waals surface area contributed by atoms with Gasteiger partial charge in [-0.25, -0.2) is 9.57 Å². The molecular weight excluding hydrogens is 633 g/mol. The van der Waals surface area contributed by atoms with Gasteiger partial charge in [-0.3, -0.25) is 9.98 Å². The summed E-state index contributed by atoms with van der Waals surface area (Å²) in [6.45, 7) is 20.6. The molecule has 0 spiro atoms. The second kappa shape index (κ2) is 18.0. The number of thioether (sulfide) groups is 1. The summed E-state index contributed by atoms with van der Waals surface area (Å²) in [6.07, 6.45) is 3.42. The van der Waals surface area contributed by atoms with Crippen molar-refractivity contribution in [1.29, 1.82) is 0 Å². The number of hydrogen-bond acceptors (Lipinski definition) is 10. The lowest BCUT2D eigenvalue weighted by Gasteiger charge is -2.25. The molecule has 0 amide bonds. The summed E-state index contributed by atoms with van der Waals surface area (Å²) in [5.74, 6) is 3.34. The van der Waals surface area contributed by atoms with Crippen LogP contribution in [-0.4, -0.2) is 69.1 Å². The molecule has 2 N–H and O–H groups in total. The molecule has 11 heteroatoms. The second-order valence-electron chi connectivity index (χ2n) is 11.1. The molecule has 0 fully saturated rings. The Morgan fingerprint density at radius 3 is 2.12 bits per heavy atom. The maximum atomic E-state index is 5.77. The van der Waals surface area contributed by atoms with Crippen LogP contribution in [0.2, 0.25) is 0 Å². The standard InChI is InChI=1S/C38H49N8O2S/c1-10-27-20-36(49-25-26-18-16-15-17-19-26)43-38(42-31-22-33(46(13-4)14-5)35(48-9)24-29(31)40-7)44-37(27)41-30-21-32(45(11-2)12-3)34(47-8)23-28(30)39-6/h13,15-19,21-24,41H,6-7,10-12,14,20,25H2,1-5,8-9H3,(H,42,44)/q+1. The molecule has 0 saturated heterocycles. The van der Waals surface area contributed by atoms with E-state index >= 15 is 0 Å². The molecule has 1 aliphatic heterocycles. The zero-order valence-electron chi connectivity index (χ0n) is 29.8. The lowest BCUT2D eigenvalue weighted by atomic mass is 10.1. The van der Waals surface area contributed by atoms with Crippen LogP contribution in [0.3, 0.4) is 0 Å². The number of anilines is 3. The van der Waals surface area contributed by atoms with Crippen LogP contribution in [0.15, 0.2) is 86.0 Å². The smallest absolute Gasteiger partial charge is 0.249 e. The van der Waals surface area contributed by atoms with Crippen LogP contribution in [0.25, 0.3) is 0 Å². The number of nitrogens with one attached hydrogen (secondary N) is 2. The van der Waals surface area contributed by atoms with Crippen molar-refractivity contribution in [1.82, 2.24) is 0 Å². The van der Waals surface area contributed by atoms with Crippen LogP contribution in [0.4, 0.5) is 34.1 Å². The van der Waals surface area contributed by atoms with Gasteiger partial charge in [0.05, 0.1) is 47.7 Å². The third-order valence-electron chi connectivity index (χ3n) is 8.32. The van der Waals surface area contributed by atoms with Gasteiger partial charge < -0.3 is 25.0 Å². The van der Waals surface area contributed by atoms with E-state index in [1.807, 2.05) is 37.4 Å². The second-order valence-corrected chi connectivity index (χ2v) is 12.1. The van der Waals surface area contributed by atoms with Gasteiger partial charge in [0.25, 0.3) is 0 Å². The van der Waals surface area contributed by atoms with Crippen molar-refractivity contribution in [2.75, 3.05) is 49.4 Å². The largest absolute Gasteiger partial charge is 0.495 e. The van der Waals surface area contributed by atoms with Crippen molar-refractivity contribution < 1.29 is 14.0 Å². The third kappa shape index (κ3) is 8.97. The first-order valence-corrected chi connectivity index (χ1v) is 17.6. The summed E-state index contributed by atoms with van der Waals surface area (Å²) >= 11 is 1.71. The SMILES string of the molecule is C=Nc1cc(OC)c([N+](=CC)CC)cc1NC1=NC(Nc2cc(N(CC)CC)c(OC)cc2N=C)=C(CC)CC(SCc2ccccc2)=N1. The maximum Gasteiger partial charge on any atom is 0.249 e. The van der Waals surface area contributed by atoms with E-state index in [0.29, 0.717) is 41.0 Å². The number of guanidine groups is 1. The van der Waals surface area contributed by atoms with Gasteiger partial charge in [-0.05, 0) is 57.8 Å². The Balaban J connectivity index is 1.85. The molecule has 0 unspecified atom stereocenters. The van der Waals surface area contributed by atoms with Crippen LogP contribution in [-0.2, 0) is 5.75 Å². The van der Waals surface area contributed by atoms with Gasteiger partial charge >= 0.3 is 0 Å². The Labute approximate surface area is 295 Å². The van der Waals surface area contributed by atoms with E-state index in [0.717, 1.165) is 65.2 Å². The van der Waals surface area contributed by atoms with Gasteiger partial charge in [0, 0.05) is 50.4 Å². The lowest BCUT2D eigenvalue weighted by molar-refractivity contribution is -0.432. The van der Waals surface area contributed by atoms with Crippen molar-refractivity contribution in [3.63, 3.8) is 0 Å². The number of hydrogen-bond donors (Lipinski definition) is 2. The molecular formula is C38H49N8O2S+. The molecule has 49 heavy (non-hydrogen) atoms. The predicted molar refractivity (Wildman–Crippen MR) is 212 cm³/mol. The molecule has 258 valence electrons. The van der Waals surface area contributed by atoms with Gasteiger partial charge in [0.15, 0.2) is 5.75 Å². The Morgan fingerprint density at radius 2 is 1.55 bits per heavy atom. The highest BCUT2D eigenvalue weighted by Crippen LogP contribution is 2.41. The van der Waals surface area contributed by atoms with Gasteiger partial charge in [0.2, 0.25) is 11.6 Å². The van der Waals surface area contributed by atoms with Crippen molar-refractivity contribution in [3.8, 4) is 11.5 Å². The van der Waals surface area contributed by atoms with E-state index in [1.165, 1.54) is 5.56 Å². The fraction of sp³-hybridized carbons (Fsp3) is 0.342. The summed E-state index contributed by atoms with van der Waals surface area (Å²) in [5.41, 5.74) is 6.98. The summed E-state index contributed by atoms with van der Waals surface area (Å²) < 4.78 is 13.6. The molecule has 10 nitrogen and oxygen atoms in total. The molecule has 3 aromatic rings. The predicted octanol–water partition coefficient (Wildman–Crippen LogP) is 9.21. The first-order chi connectivity index (χ1) is 23.9. The van der Waals surface area contributed by atoms with Crippen LogP contribution < -0.4 is 25.0 Å². The molecule has 0 atom stereocenters. The van der Waals surface area contributed by atoms with E-state index < -0.39 is 0 Å². The zero-order chi connectivity index (χ0) is 35.3. The number of ether oxygens (including phenoxy) is 2. The van der Waals surface area contributed by atoms with E-state index in [-0.39, 0.29) is 0 Å². The summed E-state index contributed by atoms with van der Waals surface area (Å²) in [7, 11) is 3.33. The fourth-order valence-corrected chi connectivity index (χ4v) is 6.56. The molecule has 0 radical (unpaired) electrons. The molecule has 0 saturated carbocycles. The minimum atomic E-state index is 0.427. The summed E-state index contributed by atoms with van der Waals surface area (Å²) in [5, 5.41) is 8.07. The molecule has 4 rings (SSSR count). The number of aliphatic imine (C=N–C) groups is 4. The van der Waals surface area contributed by atoms with E-state index in [2.05, 4.69) is 102 Å². The quantitative estimate of drug-likeness (QED) is 0.123. The van der Waals surface area contributed by atoms with Gasteiger partial charge in [0.1, 0.15) is 24.3 Å². The van der Waals surface area contributed by atoms with Crippen LogP contribution in [0, 0.1) is 0 Å². The first-order valence-electron chi connectivity index (χ1n) is 16.6. The normalized spacial score (nSPS) is 13.2. The van der Waals surface area contributed by atoms with Crippen LogP contribution >= 0.6 is 11.8 Å². The number of nitrogens with zero attached hydrogens (tertiary/aromatic N) is 6. The Hall–Kier alpha value is -4.90. The van der Waals surface area contributed by atoms with Gasteiger partial charge in [-0.2, -0.15) is 4.99 Å². The van der Waals surface area contributed by atoms with Gasteiger partial charge in [-0.1, -0.05) is 37.3 Å². The molecule has 1 aliphatic rings. The third-order valence-corrected chi connectivity index (χ3v) is 9.37. The number of allylic oxidation sites excluding steroid dienone is 1. The molecule has 0 bridgehead atoms. The monoisotopic (exact) mass is 681 g/mol.